The van der Waals surface area contributed by atoms with Crippen molar-refractivity contribution in [3.8, 4) is 0 Å². The summed E-state index contributed by atoms with van der Waals surface area (Å²) >= 11 is 0. The Kier molecular flexibility index (Phi) is 4.79. The SMILES string of the molecule is CCC(O)C(O)CC(C)c1ccccc1. The first-order valence-electron chi connectivity index (χ1n) is 5.56. The Balaban J connectivity index is 2.52. The standard InChI is InChI=1S/C13H20O2/c1-3-12(14)13(15)9-10(2)11-7-5-4-6-8-11/h4-8,10,12-15H,3,9H2,1-2H3. The van der Waals surface area contributed by atoms with Crippen molar-refractivity contribution in [3.63, 3.8) is 0 Å². The maximum absolute atomic E-state index is 9.70. The topological polar surface area (TPSA) is 40.5 Å². The van der Waals surface area contributed by atoms with E-state index in [1.54, 1.807) is 0 Å². The van der Waals surface area contributed by atoms with Crippen LogP contribution in [0.3, 0.4) is 0 Å². The van der Waals surface area contributed by atoms with Crippen LogP contribution in [0.5, 0.6) is 0 Å². The molecule has 1 rings (SSSR count). The number of benzene rings is 1. The van der Waals surface area contributed by atoms with Crippen LogP contribution in [0.1, 0.15) is 38.2 Å². The Labute approximate surface area is 91.6 Å². The van der Waals surface area contributed by atoms with Crippen LogP contribution >= 0.6 is 0 Å². The van der Waals surface area contributed by atoms with E-state index in [0.29, 0.717) is 12.8 Å². The first-order chi connectivity index (χ1) is 7.15. The molecule has 0 saturated heterocycles. The van der Waals surface area contributed by atoms with E-state index < -0.39 is 12.2 Å². The molecule has 0 aliphatic heterocycles. The smallest absolute Gasteiger partial charge is 0.0804 e. The van der Waals surface area contributed by atoms with Gasteiger partial charge in [-0.3, -0.25) is 0 Å². The molecule has 0 radical (unpaired) electrons. The van der Waals surface area contributed by atoms with Gasteiger partial charge in [-0.05, 0) is 24.3 Å². The molecule has 3 atom stereocenters. The quantitative estimate of drug-likeness (QED) is 0.779. The van der Waals surface area contributed by atoms with Gasteiger partial charge >= 0.3 is 0 Å². The van der Waals surface area contributed by atoms with Crippen LogP contribution in [-0.2, 0) is 0 Å². The zero-order chi connectivity index (χ0) is 11.3. The van der Waals surface area contributed by atoms with Gasteiger partial charge in [-0.1, -0.05) is 44.2 Å². The van der Waals surface area contributed by atoms with E-state index in [-0.39, 0.29) is 5.92 Å². The monoisotopic (exact) mass is 208 g/mol. The van der Waals surface area contributed by atoms with Crippen molar-refractivity contribution >= 4 is 0 Å². The summed E-state index contributed by atoms with van der Waals surface area (Å²) in [4.78, 5) is 0. The minimum atomic E-state index is -0.620. The fraction of sp³-hybridized carbons (Fsp3) is 0.538. The molecule has 3 unspecified atom stereocenters. The predicted octanol–water partition coefficient (Wildman–Crippen LogP) is 2.31. The molecule has 0 amide bonds. The molecule has 0 aromatic heterocycles. The Morgan fingerprint density at radius 1 is 1.07 bits per heavy atom. The second-order valence-corrected chi connectivity index (χ2v) is 4.09. The van der Waals surface area contributed by atoms with Gasteiger partial charge in [0.15, 0.2) is 0 Å². The van der Waals surface area contributed by atoms with Gasteiger partial charge < -0.3 is 10.2 Å². The number of aliphatic hydroxyl groups excluding tert-OH is 2. The average Bonchev–Trinajstić information content (AvgIpc) is 2.29. The molecule has 0 aliphatic carbocycles. The lowest BCUT2D eigenvalue weighted by atomic mass is 9.92. The third-order valence-electron chi connectivity index (χ3n) is 2.83. The molecule has 1 aromatic rings. The summed E-state index contributed by atoms with van der Waals surface area (Å²) in [6, 6.07) is 10.1. The van der Waals surface area contributed by atoms with Gasteiger partial charge in [0.25, 0.3) is 0 Å². The zero-order valence-electron chi connectivity index (χ0n) is 9.43. The molecule has 1 aromatic carbocycles. The van der Waals surface area contributed by atoms with E-state index in [4.69, 9.17) is 0 Å². The van der Waals surface area contributed by atoms with Crippen molar-refractivity contribution in [1.82, 2.24) is 0 Å². The number of rotatable bonds is 5. The largest absolute Gasteiger partial charge is 0.390 e. The highest BCUT2D eigenvalue weighted by molar-refractivity contribution is 5.18. The third-order valence-corrected chi connectivity index (χ3v) is 2.83. The highest BCUT2D eigenvalue weighted by Crippen LogP contribution is 2.21. The van der Waals surface area contributed by atoms with Gasteiger partial charge in [0.2, 0.25) is 0 Å². The maximum atomic E-state index is 9.70. The normalized spacial score (nSPS) is 17.1. The summed E-state index contributed by atoms with van der Waals surface area (Å²) in [6.07, 6.45) is -0.0109. The molecular weight excluding hydrogens is 188 g/mol. The number of hydrogen-bond donors (Lipinski definition) is 2. The molecule has 0 aliphatic rings. The molecular formula is C13H20O2. The lowest BCUT2D eigenvalue weighted by molar-refractivity contribution is 0.00953. The average molecular weight is 208 g/mol. The fourth-order valence-corrected chi connectivity index (χ4v) is 1.71. The summed E-state index contributed by atoms with van der Waals surface area (Å²) in [6.45, 7) is 3.95. The van der Waals surface area contributed by atoms with Crippen LogP contribution in [0.4, 0.5) is 0 Å². The van der Waals surface area contributed by atoms with E-state index in [1.807, 2.05) is 25.1 Å². The van der Waals surface area contributed by atoms with Gasteiger partial charge in [-0.15, -0.1) is 0 Å². The van der Waals surface area contributed by atoms with Gasteiger partial charge in [-0.25, -0.2) is 0 Å². The van der Waals surface area contributed by atoms with Crippen LogP contribution < -0.4 is 0 Å². The first-order valence-corrected chi connectivity index (χ1v) is 5.56. The van der Waals surface area contributed by atoms with Gasteiger partial charge in [-0.2, -0.15) is 0 Å². The molecule has 15 heavy (non-hydrogen) atoms. The van der Waals surface area contributed by atoms with E-state index in [0.717, 1.165) is 0 Å². The summed E-state index contributed by atoms with van der Waals surface area (Å²) in [5, 5.41) is 19.2. The molecule has 0 heterocycles. The Bertz CT molecular complexity index is 271. The second kappa shape index (κ2) is 5.89. The highest BCUT2D eigenvalue weighted by Gasteiger charge is 2.17. The van der Waals surface area contributed by atoms with Crippen LogP contribution in [0.25, 0.3) is 0 Å². The van der Waals surface area contributed by atoms with E-state index in [2.05, 4.69) is 19.1 Å². The number of aliphatic hydroxyl groups is 2. The minimum Gasteiger partial charge on any atom is -0.390 e. The zero-order valence-corrected chi connectivity index (χ0v) is 9.43. The van der Waals surface area contributed by atoms with E-state index >= 15 is 0 Å². The maximum Gasteiger partial charge on any atom is 0.0804 e. The number of hydrogen-bond acceptors (Lipinski definition) is 2. The van der Waals surface area contributed by atoms with Crippen LogP contribution in [0, 0.1) is 0 Å². The Hall–Kier alpha value is -0.860. The minimum absolute atomic E-state index is 0.280. The molecule has 2 heteroatoms. The molecule has 0 saturated carbocycles. The first kappa shape index (κ1) is 12.2. The lowest BCUT2D eigenvalue weighted by Gasteiger charge is -2.20. The van der Waals surface area contributed by atoms with Crippen molar-refractivity contribution in [2.75, 3.05) is 0 Å². The predicted molar refractivity (Wildman–Crippen MR) is 61.8 cm³/mol. The highest BCUT2D eigenvalue weighted by atomic mass is 16.3. The second-order valence-electron chi connectivity index (χ2n) is 4.09. The summed E-state index contributed by atoms with van der Waals surface area (Å²) in [7, 11) is 0. The van der Waals surface area contributed by atoms with Gasteiger partial charge in [0.1, 0.15) is 0 Å². The van der Waals surface area contributed by atoms with E-state index in [9.17, 15) is 10.2 Å². The van der Waals surface area contributed by atoms with Crippen LogP contribution in [0.2, 0.25) is 0 Å². The summed E-state index contributed by atoms with van der Waals surface area (Å²) in [5.41, 5.74) is 1.21. The van der Waals surface area contributed by atoms with Crippen molar-refractivity contribution in [1.29, 1.82) is 0 Å². The van der Waals surface area contributed by atoms with Gasteiger partial charge in [0, 0.05) is 0 Å². The molecule has 2 N–H and O–H groups in total. The van der Waals surface area contributed by atoms with Crippen molar-refractivity contribution in [2.45, 2.75) is 44.8 Å². The summed E-state index contributed by atoms with van der Waals surface area (Å²) in [5.74, 6) is 0.280. The summed E-state index contributed by atoms with van der Waals surface area (Å²) < 4.78 is 0. The van der Waals surface area contributed by atoms with Crippen molar-refractivity contribution < 1.29 is 10.2 Å². The van der Waals surface area contributed by atoms with E-state index in [1.165, 1.54) is 5.56 Å². The third kappa shape index (κ3) is 3.65. The Morgan fingerprint density at radius 3 is 2.20 bits per heavy atom. The van der Waals surface area contributed by atoms with Crippen LogP contribution in [0.15, 0.2) is 30.3 Å². The van der Waals surface area contributed by atoms with Gasteiger partial charge in [0.05, 0.1) is 12.2 Å². The molecule has 0 fully saturated rings. The van der Waals surface area contributed by atoms with Crippen LogP contribution in [-0.4, -0.2) is 22.4 Å². The lowest BCUT2D eigenvalue weighted by Crippen LogP contribution is -2.26. The molecule has 84 valence electrons. The van der Waals surface area contributed by atoms with Crippen molar-refractivity contribution in [2.24, 2.45) is 0 Å². The molecule has 0 spiro atoms. The molecule has 2 nitrogen and oxygen atoms in total. The Morgan fingerprint density at radius 2 is 1.67 bits per heavy atom. The molecule has 0 bridgehead atoms. The fourth-order valence-electron chi connectivity index (χ4n) is 1.71. The van der Waals surface area contributed by atoms with Crippen molar-refractivity contribution in [3.05, 3.63) is 35.9 Å².